The summed E-state index contributed by atoms with van der Waals surface area (Å²) in [5.74, 6) is 1.55. The van der Waals surface area contributed by atoms with Crippen molar-refractivity contribution in [1.29, 1.82) is 0 Å². The summed E-state index contributed by atoms with van der Waals surface area (Å²) in [4.78, 5) is 8.57. The standard InChI is InChI=1S/C23H34N4O2S.HI/c1-4-24-23(25-11-13-27-12-9-22-19(16-27)10-14-30-22)26-15-21(28)18-5-7-20(8-6-18)29-17(2)3;/h5-8,10,14,17,21,28H,4,9,11-13,15-16H2,1-3H3,(H2,24,25,26);1H. The molecule has 0 saturated heterocycles. The number of thiophene rings is 1. The van der Waals surface area contributed by atoms with Crippen molar-refractivity contribution >= 4 is 41.3 Å². The molecule has 1 aliphatic heterocycles. The third kappa shape index (κ3) is 8.25. The number of rotatable bonds is 9. The van der Waals surface area contributed by atoms with Crippen LogP contribution in [0.4, 0.5) is 0 Å². The fraction of sp³-hybridized carbons (Fsp3) is 0.522. The molecule has 0 saturated carbocycles. The fourth-order valence-electron chi connectivity index (χ4n) is 3.50. The number of aliphatic imine (C=N–C) groups is 1. The first-order valence-electron chi connectivity index (χ1n) is 10.8. The molecule has 31 heavy (non-hydrogen) atoms. The predicted octanol–water partition coefficient (Wildman–Crippen LogP) is 3.80. The Balaban J connectivity index is 0.00000341. The Morgan fingerprint density at radius 1 is 1.23 bits per heavy atom. The van der Waals surface area contributed by atoms with Crippen LogP contribution in [0.5, 0.6) is 5.75 Å². The van der Waals surface area contributed by atoms with E-state index < -0.39 is 6.10 Å². The van der Waals surface area contributed by atoms with E-state index >= 15 is 0 Å². The van der Waals surface area contributed by atoms with Gasteiger partial charge >= 0.3 is 0 Å². The number of nitrogens with one attached hydrogen (secondary N) is 2. The zero-order chi connectivity index (χ0) is 21.3. The average molecular weight is 559 g/mol. The van der Waals surface area contributed by atoms with Crippen LogP contribution in [0.15, 0.2) is 40.7 Å². The zero-order valence-corrected chi connectivity index (χ0v) is 21.8. The summed E-state index contributed by atoms with van der Waals surface area (Å²) in [5.41, 5.74) is 2.31. The molecular weight excluding hydrogens is 523 g/mol. The Hall–Kier alpha value is -1.36. The van der Waals surface area contributed by atoms with E-state index in [1.54, 1.807) is 0 Å². The zero-order valence-electron chi connectivity index (χ0n) is 18.6. The molecule has 0 bridgehead atoms. The minimum Gasteiger partial charge on any atom is -0.491 e. The number of fused-ring (bicyclic) bond motifs is 1. The van der Waals surface area contributed by atoms with Gasteiger partial charge < -0.3 is 20.5 Å². The Bertz CT molecular complexity index is 810. The molecule has 6 nitrogen and oxygen atoms in total. The van der Waals surface area contributed by atoms with Crippen molar-refractivity contribution in [3.63, 3.8) is 0 Å². The molecular formula is C23H35IN4O2S. The summed E-state index contributed by atoms with van der Waals surface area (Å²) in [6.07, 6.45) is 0.637. The molecule has 0 radical (unpaired) electrons. The van der Waals surface area contributed by atoms with E-state index in [2.05, 4.69) is 32.0 Å². The molecule has 0 aliphatic carbocycles. The highest BCUT2D eigenvalue weighted by Gasteiger charge is 2.16. The minimum atomic E-state index is -0.646. The normalized spacial score (nSPS) is 15.2. The van der Waals surface area contributed by atoms with Crippen molar-refractivity contribution in [2.24, 2.45) is 4.99 Å². The van der Waals surface area contributed by atoms with Gasteiger partial charge in [-0.1, -0.05) is 12.1 Å². The van der Waals surface area contributed by atoms with E-state index in [0.29, 0.717) is 6.54 Å². The highest BCUT2D eigenvalue weighted by Crippen LogP contribution is 2.23. The van der Waals surface area contributed by atoms with Crippen LogP contribution in [-0.4, -0.2) is 54.8 Å². The van der Waals surface area contributed by atoms with Crippen molar-refractivity contribution in [2.45, 2.75) is 45.9 Å². The van der Waals surface area contributed by atoms with Gasteiger partial charge in [0.25, 0.3) is 0 Å². The van der Waals surface area contributed by atoms with Gasteiger partial charge in [-0.15, -0.1) is 35.3 Å². The molecule has 0 fully saturated rings. The Morgan fingerprint density at radius 2 is 2.00 bits per heavy atom. The predicted molar refractivity (Wildman–Crippen MR) is 140 cm³/mol. The van der Waals surface area contributed by atoms with Gasteiger partial charge in [0.1, 0.15) is 5.75 Å². The molecule has 3 N–H and O–H groups in total. The summed E-state index contributed by atoms with van der Waals surface area (Å²) in [6, 6.07) is 9.82. The van der Waals surface area contributed by atoms with Crippen LogP contribution in [0, 0.1) is 0 Å². The lowest BCUT2D eigenvalue weighted by Crippen LogP contribution is -2.42. The molecule has 3 rings (SSSR count). The van der Waals surface area contributed by atoms with Crippen LogP contribution in [0.3, 0.4) is 0 Å². The number of nitrogens with zero attached hydrogens (tertiary/aromatic N) is 2. The SMILES string of the molecule is CCNC(=NCC(O)c1ccc(OC(C)C)cc1)NCCN1CCc2sccc2C1.I. The van der Waals surface area contributed by atoms with Crippen LogP contribution >= 0.6 is 35.3 Å². The minimum absolute atomic E-state index is 0. The fourth-order valence-corrected chi connectivity index (χ4v) is 4.39. The Morgan fingerprint density at radius 3 is 2.71 bits per heavy atom. The molecule has 0 spiro atoms. The number of aliphatic hydroxyl groups excluding tert-OH is 1. The molecule has 2 heterocycles. The first kappa shape index (κ1) is 25.9. The van der Waals surface area contributed by atoms with E-state index in [0.717, 1.165) is 56.4 Å². The van der Waals surface area contributed by atoms with Crippen LogP contribution < -0.4 is 15.4 Å². The summed E-state index contributed by atoms with van der Waals surface area (Å²) in [7, 11) is 0. The number of halogens is 1. The summed E-state index contributed by atoms with van der Waals surface area (Å²) in [5, 5.41) is 19.3. The number of aliphatic hydroxyl groups is 1. The van der Waals surface area contributed by atoms with Gasteiger partial charge in [-0.2, -0.15) is 0 Å². The first-order valence-corrected chi connectivity index (χ1v) is 11.7. The molecule has 8 heteroatoms. The molecule has 2 aromatic rings. The topological polar surface area (TPSA) is 69.1 Å². The number of benzene rings is 1. The molecule has 1 unspecified atom stereocenters. The monoisotopic (exact) mass is 558 g/mol. The maximum Gasteiger partial charge on any atom is 0.191 e. The van der Waals surface area contributed by atoms with E-state index in [1.807, 2.05) is 56.4 Å². The van der Waals surface area contributed by atoms with Crippen molar-refractivity contribution in [3.8, 4) is 5.75 Å². The molecule has 1 aromatic carbocycles. The summed E-state index contributed by atoms with van der Waals surface area (Å²) >= 11 is 1.87. The van der Waals surface area contributed by atoms with Crippen molar-refractivity contribution in [1.82, 2.24) is 15.5 Å². The van der Waals surface area contributed by atoms with Crippen molar-refractivity contribution in [3.05, 3.63) is 51.7 Å². The molecule has 1 atom stereocenters. The van der Waals surface area contributed by atoms with Gasteiger partial charge in [-0.05, 0) is 61.9 Å². The van der Waals surface area contributed by atoms with Gasteiger partial charge in [-0.25, -0.2) is 0 Å². The van der Waals surface area contributed by atoms with Crippen LogP contribution in [0.25, 0.3) is 0 Å². The molecule has 0 amide bonds. The van der Waals surface area contributed by atoms with Crippen LogP contribution in [-0.2, 0) is 13.0 Å². The largest absolute Gasteiger partial charge is 0.491 e. The summed E-state index contributed by atoms with van der Waals surface area (Å²) in [6.45, 7) is 11.1. The third-order valence-electron chi connectivity index (χ3n) is 5.01. The Labute approximate surface area is 207 Å². The highest BCUT2D eigenvalue weighted by atomic mass is 127. The average Bonchev–Trinajstić information content (AvgIpc) is 3.20. The second-order valence-corrected chi connectivity index (χ2v) is 8.79. The van der Waals surface area contributed by atoms with Crippen molar-refractivity contribution in [2.75, 3.05) is 32.7 Å². The number of guanidine groups is 1. The quantitative estimate of drug-likeness (QED) is 0.248. The van der Waals surface area contributed by atoms with Gasteiger partial charge in [0.15, 0.2) is 5.96 Å². The third-order valence-corrected chi connectivity index (χ3v) is 6.03. The first-order chi connectivity index (χ1) is 14.5. The highest BCUT2D eigenvalue weighted by molar-refractivity contribution is 14.0. The van der Waals surface area contributed by atoms with Gasteiger partial charge in [0.2, 0.25) is 0 Å². The van der Waals surface area contributed by atoms with E-state index in [4.69, 9.17) is 4.74 Å². The lowest BCUT2D eigenvalue weighted by molar-refractivity contribution is 0.186. The number of hydrogen-bond acceptors (Lipinski definition) is 5. The van der Waals surface area contributed by atoms with Gasteiger partial charge in [0, 0.05) is 37.6 Å². The maximum atomic E-state index is 10.5. The smallest absolute Gasteiger partial charge is 0.191 e. The lowest BCUT2D eigenvalue weighted by Gasteiger charge is -2.27. The van der Waals surface area contributed by atoms with Crippen molar-refractivity contribution < 1.29 is 9.84 Å². The Kier molecular flexibility index (Phi) is 11.1. The number of hydrogen-bond donors (Lipinski definition) is 3. The maximum absolute atomic E-state index is 10.5. The second-order valence-electron chi connectivity index (χ2n) is 7.79. The van der Waals surface area contributed by atoms with E-state index in [1.165, 1.54) is 10.4 Å². The van der Waals surface area contributed by atoms with E-state index in [9.17, 15) is 5.11 Å². The molecule has 1 aliphatic rings. The van der Waals surface area contributed by atoms with Gasteiger partial charge in [0.05, 0.1) is 18.8 Å². The second kappa shape index (κ2) is 13.2. The lowest BCUT2D eigenvalue weighted by atomic mass is 10.1. The van der Waals surface area contributed by atoms with Crippen LogP contribution in [0.2, 0.25) is 0 Å². The van der Waals surface area contributed by atoms with E-state index in [-0.39, 0.29) is 30.1 Å². The van der Waals surface area contributed by atoms with Gasteiger partial charge in [-0.3, -0.25) is 9.89 Å². The molecule has 1 aromatic heterocycles. The summed E-state index contributed by atoms with van der Waals surface area (Å²) < 4.78 is 5.66. The van der Waals surface area contributed by atoms with Crippen LogP contribution in [0.1, 0.15) is 42.9 Å². The number of ether oxygens (including phenoxy) is 1. The molecule has 172 valence electrons.